The number of carbonyl (C=O) groups excluding carboxylic acids is 1. The number of halogens is 1. The fraction of sp³-hybridized carbons (Fsp3) is 0.381. The second-order valence-electron chi connectivity index (χ2n) is 6.99. The van der Waals surface area contributed by atoms with Crippen LogP contribution in [0.15, 0.2) is 47.4 Å². The lowest BCUT2D eigenvalue weighted by atomic mass is 10.2. The van der Waals surface area contributed by atoms with Crippen molar-refractivity contribution in [2.75, 3.05) is 31.6 Å². The summed E-state index contributed by atoms with van der Waals surface area (Å²) in [6.45, 7) is 4.68. The van der Waals surface area contributed by atoms with Crippen LogP contribution in [-0.2, 0) is 14.8 Å². The highest BCUT2D eigenvalue weighted by molar-refractivity contribution is 7.89. The lowest BCUT2D eigenvalue weighted by Crippen LogP contribution is -2.32. The van der Waals surface area contributed by atoms with Gasteiger partial charge in [0.05, 0.1) is 10.6 Å². The Bertz CT molecular complexity index is 948. The largest absolute Gasteiger partial charge is 0.372 e. The quantitative estimate of drug-likeness (QED) is 0.578. The van der Waals surface area contributed by atoms with Crippen LogP contribution in [0.2, 0.25) is 0 Å². The molecule has 0 unspecified atom stereocenters. The smallest absolute Gasteiger partial charge is 0.240 e. The molecule has 0 bridgehead atoms. The predicted octanol–water partition coefficient (Wildman–Crippen LogP) is 2.75. The van der Waals surface area contributed by atoms with Gasteiger partial charge >= 0.3 is 0 Å². The van der Waals surface area contributed by atoms with E-state index in [0.717, 1.165) is 5.56 Å². The molecule has 0 aliphatic heterocycles. The van der Waals surface area contributed by atoms with Gasteiger partial charge in [-0.05, 0) is 44.0 Å². The molecule has 0 aromatic heterocycles. The normalized spacial score (nSPS) is 11.3. The Balaban J connectivity index is 1.70. The first-order valence-corrected chi connectivity index (χ1v) is 11.0. The van der Waals surface area contributed by atoms with Gasteiger partial charge in [0.2, 0.25) is 15.9 Å². The van der Waals surface area contributed by atoms with Gasteiger partial charge in [-0.2, -0.15) is 0 Å². The molecule has 6 nitrogen and oxygen atoms in total. The van der Waals surface area contributed by atoms with Gasteiger partial charge in [0, 0.05) is 33.1 Å². The van der Waals surface area contributed by atoms with Crippen LogP contribution in [0.1, 0.15) is 24.0 Å². The van der Waals surface area contributed by atoms with E-state index in [1.165, 1.54) is 6.07 Å². The highest BCUT2D eigenvalue weighted by Gasteiger charge is 2.16. The molecule has 0 radical (unpaired) electrons. The van der Waals surface area contributed by atoms with Crippen LogP contribution in [0.4, 0.5) is 10.1 Å². The summed E-state index contributed by atoms with van der Waals surface area (Å²) in [5, 5.41) is 2.75. The molecular formula is C21H28FN3O3S. The molecule has 1 amide bonds. The maximum atomic E-state index is 13.7. The summed E-state index contributed by atoms with van der Waals surface area (Å²) >= 11 is 0. The fourth-order valence-corrected chi connectivity index (χ4v) is 4.25. The molecule has 0 atom stereocenters. The molecule has 29 heavy (non-hydrogen) atoms. The first kappa shape index (κ1) is 22.8. The third kappa shape index (κ3) is 6.83. The van der Waals surface area contributed by atoms with Gasteiger partial charge in [0.15, 0.2) is 0 Å². The Labute approximate surface area is 172 Å². The lowest BCUT2D eigenvalue weighted by molar-refractivity contribution is -0.120. The van der Waals surface area contributed by atoms with Crippen LogP contribution < -0.4 is 14.9 Å². The van der Waals surface area contributed by atoms with Crippen molar-refractivity contribution >= 4 is 21.6 Å². The van der Waals surface area contributed by atoms with Gasteiger partial charge in [-0.25, -0.2) is 17.5 Å². The zero-order valence-electron chi connectivity index (χ0n) is 17.0. The molecule has 0 spiro atoms. The summed E-state index contributed by atoms with van der Waals surface area (Å²) in [6, 6.07) is 11.6. The van der Waals surface area contributed by atoms with Crippen LogP contribution >= 0.6 is 0 Å². The average Bonchev–Trinajstić information content (AvgIpc) is 2.65. The van der Waals surface area contributed by atoms with E-state index in [0.29, 0.717) is 30.8 Å². The molecule has 0 fully saturated rings. The molecule has 0 saturated carbocycles. The molecule has 2 aromatic carbocycles. The minimum Gasteiger partial charge on any atom is -0.372 e. The summed E-state index contributed by atoms with van der Waals surface area (Å²) < 4.78 is 40.9. The number of nitrogens with one attached hydrogen (secondary N) is 2. The zero-order chi connectivity index (χ0) is 21.4. The molecule has 0 aliphatic rings. The first-order chi connectivity index (χ1) is 13.7. The van der Waals surface area contributed by atoms with Crippen molar-refractivity contribution in [2.45, 2.75) is 31.6 Å². The SMILES string of the molecule is Cc1ccc(S(=O)(=O)NCCC(=O)NCCCN(C)c2ccccc2F)c(C)c1. The molecule has 158 valence electrons. The Morgan fingerprint density at radius 2 is 1.83 bits per heavy atom. The van der Waals surface area contributed by atoms with E-state index in [1.54, 1.807) is 55.3 Å². The van der Waals surface area contributed by atoms with Crippen molar-refractivity contribution in [3.05, 3.63) is 59.4 Å². The highest BCUT2D eigenvalue weighted by Crippen LogP contribution is 2.17. The predicted molar refractivity (Wildman–Crippen MR) is 113 cm³/mol. The van der Waals surface area contributed by atoms with Gasteiger partial charge in [-0.15, -0.1) is 0 Å². The number of anilines is 1. The highest BCUT2D eigenvalue weighted by atomic mass is 32.2. The summed E-state index contributed by atoms with van der Waals surface area (Å²) in [6.07, 6.45) is 0.693. The second-order valence-corrected chi connectivity index (χ2v) is 8.73. The van der Waals surface area contributed by atoms with Gasteiger partial charge in [-0.3, -0.25) is 4.79 Å². The van der Waals surface area contributed by atoms with Crippen molar-refractivity contribution < 1.29 is 17.6 Å². The van der Waals surface area contributed by atoms with Gasteiger partial charge < -0.3 is 10.2 Å². The number of hydrogen-bond acceptors (Lipinski definition) is 4. The number of aryl methyl sites for hydroxylation is 2. The number of benzene rings is 2. The second kappa shape index (κ2) is 10.4. The maximum Gasteiger partial charge on any atom is 0.240 e. The summed E-state index contributed by atoms with van der Waals surface area (Å²) in [5.74, 6) is -0.517. The lowest BCUT2D eigenvalue weighted by Gasteiger charge is -2.19. The van der Waals surface area contributed by atoms with Crippen molar-refractivity contribution in [1.29, 1.82) is 0 Å². The molecule has 2 aromatic rings. The zero-order valence-corrected chi connectivity index (χ0v) is 17.9. The number of rotatable bonds is 10. The van der Waals surface area contributed by atoms with Crippen LogP contribution in [0.3, 0.4) is 0 Å². The average molecular weight is 422 g/mol. The molecule has 8 heteroatoms. The molecule has 0 aliphatic carbocycles. The summed E-state index contributed by atoms with van der Waals surface area (Å²) in [4.78, 5) is 13.9. The van der Waals surface area contributed by atoms with Crippen molar-refractivity contribution in [3.8, 4) is 0 Å². The number of para-hydroxylation sites is 1. The van der Waals surface area contributed by atoms with Gasteiger partial charge in [0.1, 0.15) is 5.82 Å². The molecule has 2 rings (SSSR count). The standard InChI is InChI=1S/C21H28FN3O3S/c1-16-9-10-20(17(2)15-16)29(27,28)24-13-11-21(26)23-12-6-14-25(3)19-8-5-4-7-18(19)22/h4-5,7-10,15,24H,6,11-14H2,1-3H3,(H,23,26). The number of hydrogen-bond donors (Lipinski definition) is 2. The molecule has 2 N–H and O–H groups in total. The van der Waals surface area contributed by atoms with E-state index in [9.17, 15) is 17.6 Å². The third-order valence-corrected chi connectivity index (χ3v) is 6.14. The Morgan fingerprint density at radius 3 is 2.52 bits per heavy atom. The van der Waals surface area contributed by atoms with E-state index in [1.807, 2.05) is 6.92 Å². The monoisotopic (exact) mass is 421 g/mol. The van der Waals surface area contributed by atoms with Crippen molar-refractivity contribution in [1.82, 2.24) is 10.0 Å². The van der Waals surface area contributed by atoms with E-state index in [-0.39, 0.29) is 29.6 Å². The Morgan fingerprint density at radius 1 is 1.10 bits per heavy atom. The molecule has 0 heterocycles. The fourth-order valence-electron chi connectivity index (χ4n) is 2.99. The van der Waals surface area contributed by atoms with Gasteiger partial charge in [0.25, 0.3) is 0 Å². The first-order valence-electron chi connectivity index (χ1n) is 9.50. The maximum absolute atomic E-state index is 13.7. The van der Waals surface area contributed by atoms with Crippen LogP contribution in [-0.4, -0.2) is 41.0 Å². The Hall–Kier alpha value is -2.45. The molecule has 0 saturated heterocycles. The van der Waals surface area contributed by atoms with Crippen molar-refractivity contribution in [2.24, 2.45) is 0 Å². The topological polar surface area (TPSA) is 78.5 Å². The minimum absolute atomic E-state index is 0.0244. The van der Waals surface area contributed by atoms with Crippen LogP contribution in [0, 0.1) is 19.7 Å². The van der Waals surface area contributed by atoms with E-state index in [2.05, 4.69) is 10.0 Å². The summed E-state index contributed by atoms with van der Waals surface area (Å²) in [5.41, 5.74) is 2.17. The third-order valence-electron chi connectivity index (χ3n) is 4.52. The van der Waals surface area contributed by atoms with E-state index < -0.39 is 10.0 Å². The van der Waals surface area contributed by atoms with Crippen LogP contribution in [0.5, 0.6) is 0 Å². The van der Waals surface area contributed by atoms with E-state index >= 15 is 0 Å². The Kier molecular flexibility index (Phi) is 8.16. The van der Waals surface area contributed by atoms with Gasteiger partial charge in [-0.1, -0.05) is 29.8 Å². The number of nitrogens with zero attached hydrogens (tertiary/aromatic N) is 1. The van der Waals surface area contributed by atoms with Crippen molar-refractivity contribution in [3.63, 3.8) is 0 Å². The van der Waals surface area contributed by atoms with E-state index in [4.69, 9.17) is 0 Å². The number of carbonyl (C=O) groups is 1. The minimum atomic E-state index is -3.65. The number of amides is 1. The molecular weight excluding hydrogens is 393 g/mol. The summed E-state index contributed by atoms with van der Waals surface area (Å²) in [7, 11) is -1.85. The van der Waals surface area contributed by atoms with Crippen LogP contribution in [0.25, 0.3) is 0 Å². The number of sulfonamides is 1.